The Balaban J connectivity index is 2.14. The van der Waals surface area contributed by atoms with Gasteiger partial charge in [0.15, 0.2) is 5.78 Å². The average molecular weight is 189 g/mol. The topological polar surface area (TPSA) is 29.1 Å². The maximum absolute atomic E-state index is 11.9. The van der Waals surface area contributed by atoms with E-state index >= 15 is 0 Å². The van der Waals surface area contributed by atoms with Crippen molar-refractivity contribution in [2.75, 3.05) is 6.54 Å². The highest BCUT2D eigenvalue weighted by Gasteiger charge is 2.22. The van der Waals surface area contributed by atoms with Gasteiger partial charge in [-0.05, 0) is 26.3 Å². The molecule has 0 amide bonds. The minimum Gasteiger partial charge on any atom is -0.307 e. The van der Waals surface area contributed by atoms with Crippen molar-refractivity contribution in [3.8, 4) is 0 Å². The minimum atomic E-state index is 0.0534. The number of hydrogen-bond acceptors (Lipinski definition) is 2. The molecule has 1 aromatic carbocycles. The number of rotatable bonds is 2. The number of aryl methyl sites for hydroxylation is 1. The van der Waals surface area contributed by atoms with Crippen LogP contribution in [0.15, 0.2) is 24.3 Å². The van der Waals surface area contributed by atoms with Crippen molar-refractivity contribution in [2.24, 2.45) is 0 Å². The molecule has 2 nitrogen and oxygen atoms in total. The van der Waals surface area contributed by atoms with E-state index in [1.54, 1.807) is 0 Å². The lowest BCUT2D eigenvalue weighted by Gasteiger charge is -2.08. The van der Waals surface area contributed by atoms with Gasteiger partial charge in [-0.15, -0.1) is 0 Å². The van der Waals surface area contributed by atoms with E-state index in [2.05, 4.69) is 5.32 Å². The molecule has 1 N–H and O–H groups in total. The third-order valence-corrected chi connectivity index (χ3v) is 2.71. The van der Waals surface area contributed by atoms with Gasteiger partial charge in [-0.1, -0.05) is 29.8 Å². The Bertz CT molecular complexity index is 323. The van der Waals surface area contributed by atoms with E-state index in [-0.39, 0.29) is 11.8 Å². The zero-order valence-corrected chi connectivity index (χ0v) is 8.42. The summed E-state index contributed by atoms with van der Waals surface area (Å²) in [5, 5.41) is 3.22. The van der Waals surface area contributed by atoms with Gasteiger partial charge in [0.2, 0.25) is 0 Å². The van der Waals surface area contributed by atoms with Gasteiger partial charge in [-0.2, -0.15) is 0 Å². The van der Waals surface area contributed by atoms with Crippen molar-refractivity contribution in [3.63, 3.8) is 0 Å². The number of nitrogens with one attached hydrogen (secondary N) is 1. The molecule has 1 fully saturated rings. The fourth-order valence-corrected chi connectivity index (χ4v) is 1.83. The normalized spacial score (nSPS) is 21.1. The van der Waals surface area contributed by atoms with Crippen LogP contribution < -0.4 is 5.32 Å². The van der Waals surface area contributed by atoms with E-state index in [1.165, 1.54) is 5.56 Å². The van der Waals surface area contributed by atoms with Crippen molar-refractivity contribution in [1.82, 2.24) is 5.32 Å². The molecule has 1 heterocycles. The summed E-state index contributed by atoms with van der Waals surface area (Å²) in [6.07, 6.45) is 2.09. The summed E-state index contributed by atoms with van der Waals surface area (Å²) >= 11 is 0. The monoisotopic (exact) mass is 189 g/mol. The Labute approximate surface area is 84.3 Å². The number of carbonyl (C=O) groups is 1. The fraction of sp³-hybridized carbons (Fsp3) is 0.417. The Morgan fingerprint density at radius 2 is 2.07 bits per heavy atom. The van der Waals surface area contributed by atoms with Crippen molar-refractivity contribution in [1.29, 1.82) is 0 Å². The van der Waals surface area contributed by atoms with Crippen molar-refractivity contribution in [3.05, 3.63) is 35.4 Å². The lowest BCUT2D eigenvalue weighted by molar-refractivity contribution is 0.0952. The van der Waals surface area contributed by atoms with E-state index in [1.807, 2.05) is 31.2 Å². The molecule has 2 rings (SSSR count). The summed E-state index contributed by atoms with van der Waals surface area (Å²) in [4.78, 5) is 11.9. The molecule has 0 spiro atoms. The van der Waals surface area contributed by atoms with Gasteiger partial charge in [0.05, 0.1) is 6.04 Å². The zero-order chi connectivity index (χ0) is 9.97. The van der Waals surface area contributed by atoms with Crippen LogP contribution >= 0.6 is 0 Å². The van der Waals surface area contributed by atoms with Gasteiger partial charge in [0.1, 0.15) is 0 Å². The van der Waals surface area contributed by atoms with Crippen LogP contribution in [-0.2, 0) is 0 Å². The SMILES string of the molecule is Cc1ccc(C(=O)C2CCCN2)cc1. The van der Waals surface area contributed by atoms with Gasteiger partial charge in [-0.25, -0.2) is 0 Å². The van der Waals surface area contributed by atoms with Crippen LogP contribution in [0.25, 0.3) is 0 Å². The minimum absolute atomic E-state index is 0.0534. The van der Waals surface area contributed by atoms with Crippen molar-refractivity contribution >= 4 is 5.78 Å². The molecule has 14 heavy (non-hydrogen) atoms. The van der Waals surface area contributed by atoms with Gasteiger partial charge in [0.25, 0.3) is 0 Å². The van der Waals surface area contributed by atoms with Gasteiger partial charge < -0.3 is 5.32 Å². The van der Waals surface area contributed by atoms with E-state index in [0.29, 0.717) is 0 Å². The molecular weight excluding hydrogens is 174 g/mol. The molecule has 1 aliphatic heterocycles. The molecule has 2 heteroatoms. The molecule has 1 aromatic rings. The molecule has 1 atom stereocenters. The van der Waals surface area contributed by atoms with Crippen LogP contribution in [0.3, 0.4) is 0 Å². The average Bonchev–Trinajstić information content (AvgIpc) is 2.71. The Morgan fingerprint density at radius 3 is 2.64 bits per heavy atom. The molecule has 1 unspecified atom stereocenters. The second-order valence-electron chi connectivity index (χ2n) is 3.88. The molecule has 0 aromatic heterocycles. The van der Waals surface area contributed by atoms with Crippen LogP contribution in [0.1, 0.15) is 28.8 Å². The first-order chi connectivity index (χ1) is 6.77. The Morgan fingerprint density at radius 1 is 1.36 bits per heavy atom. The summed E-state index contributed by atoms with van der Waals surface area (Å²) in [5.41, 5.74) is 2.02. The third-order valence-electron chi connectivity index (χ3n) is 2.71. The quantitative estimate of drug-likeness (QED) is 0.720. The molecule has 74 valence electrons. The van der Waals surface area contributed by atoms with Crippen LogP contribution in [0.4, 0.5) is 0 Å². The van der Waals surface area contributed by atoms with Crippen LogP contribution in [0.5, 0.6) is 0 Å². The number of Topliss-reactive ketones (excluding diaryl/α,β-unsaturated/α-hetero) is 1. The summed E-state index contributed by atoms with van der Waals surface area (Å²) in [6.45, 7) is 3.00. The smallest absolute Gasteiger partial charge is 0.179 e. The van der Waals surface area contributed by atoms with Gasteiger partial charge in [-0.3, -0.25) is 4.79 Å². The first kappa shape index (κ1) is 9.41. The number of hydrogen-bond donors (Lipinski definition) is 1. The summed E-state index contributed by atoms with van der Waals surface area (Å²) in [7, 11) is 0. The lowest BCUT2D eigenvalue weighted by atomic mass is 10.0. The fourth-order valence-electron chi connectivity index (χ4n) is 1.83. The highest BCUT2D eigenvalue weighted by atomic mass is 16.1. The molecule has 0 aliphatic carbocycles. The number of ketones is 1. The van der Waals surface area contributed by atoms with Gasteiger partial charge >= 0.3 is 0 Å². The maximum Gasteiger partial charge on any atom is 0.179 e. The van der Waals surface area contributed by atoms with Crippen LogP contribution in [-0.4, -0.2) is 18.4 Å². The second-order valence-corrected chi connectivity index (χ2v) is 3.88. The summed E-state index contributed by atoms with van der Waals surface area (Å²) < 4.78 is 0. The highest BCUT2D eigenvalue weighted by Crippen LogP contribution is 2.12. The molecule has 0 saturated carbocycles. The van der Waals surface area contributed by atoms with E-state index in [4.69, 9.17) is 0 Å². The summed E-state index contributed by atoms with van der Waals surface area (Å²) in [6, 6.07) is 7.86. The molecule has 0 radical (unpaired) electrons. The van der Waals surface area contributed by atoms with Gasteiger partial charge in [0, 0.05) is 5.56 Å². The predicted octanol–water partition coefficient (Wildman–Crippen LogP) is 1.93. The third kappa shape index (κ3) is 1.85. The summed E-state index contributed by atoms with van der Waals surface area (Å²) in [5.74, 6) is 0.238. The Hall–Kier alpha value is -1.15. The van der Waals surface area contributed by atoms with Crippen molar-refractivity contribution in [2.45, 2.75) is 25.8 Å². The molecule has 0 bridgehead atoms. The standard InChI is InChI=1S/C12H15NO/c1-9-4-6-10(7-5-9)12(14)11-3-2-8-13-11/h4-7,11,13H,2-3,8H2,1H3. The number of benzene rings is 1. The first-order valence-electron chi connectivity index (χ1n) is 5.11. The first-order valence-corrected chi connectivity index (χ1v) is 5.11. The predicted molar refractivity (Wildman–Crippen MR) is 56.5 cm³/mol. The second kappa shape index (κ2) is 3.93. The van der Waals surface area contributed by atoms with E-state index in [9.17, 15) is 4.79 Å². The molecule has 1 aliphatic rings. The molecular formula is C12H15NO. The molecule has 1 saturated heterocycles. The van der Waals surface area contributed by atoms with Crippen LogP contribution in [0, 0.1) is 6.92 Å². The Kier molecular flexibility index (Phi) is 2.64. The highest BCUT2D eigenvalue weighted by molar-refractivity contribution is 6.00. The lowest BCUT2D eigenvalue weighted by Crippen LogP contribution is -2.30. The zero-order valence-electron chi connectivity index (χ0n) is 8.42. The maximum atomic E-state index is 11.9. The largest absolute Gasteiger partial charge is 0.307 e. The van der Waals surface area contributed by atoms with E-state index < -0.39 is 0 Å². The van der Waals surface area contributed by atoms with Crippen molar-refractivity contribution < 1.29 is 4.79 Å². The van der Waals surface area contributed by atoms with Crippen LogP contribution in [0.2, 0.25) is 0 Å². The number of carbonyl (C=O) groups excluding carboxylic acids is 1. The van der Waals surface area contributed by atoms with E-state index in [0.717, 1.165) is 24.9 Å².